The first-order chi connectivity index (χ1) is 8.01. The van der Waals surface area contributed by atoms with E-state index in [1.54, 1.807) is 13.8 Å². The Kier molecular flexibility index (Phi) is 3.40. The van der Waals surface area contributed by atoms with Crippen molar-refractivity contribution in [2.75, 3.05) is 6.54 Å². The fourth-order valence-corrected chi connectivity index (χ4v) is 2.03. The Labute approximate surface area is 104 Å². The van der Waals surface area contributed by atoms with Crippen LogP contribution >= 0.6 is 0 Å². The number of carboxylic acid groups (broad SMARTS) is 2. The molecule has 1 amide bonds. The highest BCUT2D eigenvalue weighted by molar-refractivity contribution is 5.92. The summed E-state index contributed by atoms with van der Waals surface area (Å²) in [5, 5.41) is 29.2. The molecule has 1 aliphatic rings. The van der Waals surface area contributed by atoms with E-state index in [0.717, 1.165) is 6.92 Å². The van der Waals surface area contributed by atoms with E-state index in [4.69, 9.17) is 10.2 Å². The second-order valence-electron chi connectivity index (χ2n) is 5.41. The third-order valence-electron chi connectivity index (χ3n) is 3.44. The van der Waals surface area contributed by atoms with Gasteiger partial charge in [0.1, 0.15) is 0 Å². The summed E-state index contributed by atoms with van der Waals surface area (Å²) in [5.74, 6) is -4.52. The number of carboxylic acids is 2. The zero-order valence-corrected chi connectivity index (χ0v) is 10.4. The Morgan fingerprint density at radius 2 is 1.72 bits per heavy atom. The second-order valence-corrected chi connectivity index (χ2v) is 5.41. The summed E-state index contributed by atoms with van der Waals surface area (Å²) in [6.45, 7) is 3.92. The maximum absolute atomic E-state index is 11.7. The van der Waals surface area contributed by atoms with E-state index in [-0.39, 0.29) is 0 Å². The van der Waals surface area contributed by atoms with Gasteiger partial charge in [0.2, 0.25) is 5.91 Å². The van der Waals surface area contributed by atoms with Gasteiger partial charge in [-0.05, 0) is 12.3 Å². The highest BCUT2D eigenvalue weighted by Crippen LogP contribution is 2.58. The van der Waals surface area contributed by atoms with Crippen molar-refractivity contribution < 1.29 is 29.7 Å². The quantitative estimate of drug-likeness (QED) is 0.517. The molecule has 0 aromatic heterocycles. The molecule has 0 spiro atoms. The number of hydrogen-bond donors (Lipinski definition) is 4. The third kappa shape index (κ3) is 2.45. The van der Waals surface area contributed by atoms with Crippen LogP contribution in [0.25, 0.3) is 0 Å². The summed E-state index contributed by atoms with van der Waals surface area (Å²) < 4.78 is 0. The number of hydrogen-bond acceptors (Lipinski definition) is 4. The topological polar surface area (TPSA) is 124 Å². The van der Waals surface area contributed by atoms with Crippen LogP contribution in [0.3, 0.4) is 0 Å². The lowest BCUT2D eigenvalue weighted by molar-refractivity contribution is -0.156. The van der Waals surface area contributed by atoms with Crippen LogP contribution in [0.15, 0.2) is 0 Å². The van der Waals surface area contributed by atoms with E-state index >= 15 is 0 Å². The average molecular weight is 259 g/mol. The lowest BCUT2D eigenvalue weighted by Gasteiger charge is -2.18. The molecule has 1 rings (SSSR count). The summed E-state index contributed by atoms with van der Waals surface area (Å²) in [4.78, 5) is 33.2. The van der Waals surface area contributed by atoms with Crippen molar-refractivity contribution in [2.45, 2.75) is 26.4 Å². The molecular weight excluding hydrogens is 242 g/mol. The van der Waals surface area contributed by atoms with E-state index < -0.39 is 47.2 Å². The van der Waals surface area contributed by atoms with Crippen LogP contribution in [0.4, 0.5) is 0 Å². The summed E-state index contributed by atoms with van der Waals surface area (Å²) >= 11 is 0. The number of aliphatic carboxylic acids is 2. The van der Waals surface area contributed by atoms with Crippen LogP contribution in [-0.2, 0) is 14.4 Å². The molecule has 1 saturated carbocycles. The molecule has 0 radical (unpaired) electrons. The molecule has 1 unspecified atom stereocenters. The molecular formula is C11H17NO6. The van der Waals surface area contributed by atoms with Crippen LogP contribution in [0, 0.1) is 17.3 Å². The minimum Gasteiger partial charge on any atom is -0.481 e. The van der Waals surface area contributed by atoms with E-state index in [1.165, 1.54) is 0 Å². The Morgan fingerprint density at radius 3 is 2.06 bits per heavy atom. The van der Waals surface area contributed by atoms with Crippen molar-refractivity contribution in [3.63, 3.8) is 0 Å². The van der Waals surface area contributed by atoms with Crippen molar-refractivity contribution in [1.82, 2.24) is 5.32 Å². The number of nitrogens with one attached hydrogen (secondary N) is 1. The summed E-state index contributed by atoms with van der Waals surface area (Å²) in [6, 6.07) is 0. The SMILES string of the molecule is CC(O)(CNC(=O)[C@@H]1[C@H](C(=O)O)C1(C)C)C(=O)O. The Balaban J connectivity index is 2.59. The first-order valence-electron chi connectivity index (χ1n) is 5.48. The van der Waals surface area contributed by atoms with Gasteiger partial charge in [-0.1, -0.05) is 13.8 Å². The number of carbonyl (C=O) groups excluding carboxylic acids is 1. The van der Waals surface area contributed by atoms with Crippen LogP contribution < -0.4 is 5.32 Å². The fraction of sp³-hybridized carbons (Fsp3) is 0.727. The molecule has 0 aliphatic heterocycles. The number of aliphatic hydroxyl groups is 1. The van der Waals surface area contributed by atoms with Gasteiger partial charge in [-0.3, -0.25) is 9.59 Å². The zero-order valence-electron chi connectivity index (χ0n) is 10.4. The molecule has 0 heterocycles. The molecule has 0 aromatic carbocycles. The minimum atomic E-state index is -2.06. The molecule has 0 bridgehead atoms. The highest BCUT2D eigenvalue weighted by Gasteiger charge is 2.65. The summed E-state index contributed by atoms with van der Waals surface area (Å²) in [7, 11) is 0. The second kappa shape index (κ2) is 4.24. The number of rotatable bonds is 5. The van der Waals surface area contributed by atoms with Gasteiger partial charge in [0.05, 0.1) is 18.4 Å². The van der Waals surface area contributed by atoms with Gasteiger partial charge in [-0.25, -0.2) is 4.79 Å². The van der Waals surface area contributed by atoms with Gasteiger partial charge in [0.15, 0.2) is 5.60 Å². The summed E-state index contributed by atoms with van der Waals surface area (Å²) in [6.07, 6.45) is 0. The molecule has 18 heavy (non-hydrogen) atoms. The van der Waals surface area contributed by atoms with E-state index in [2.05, 4.69) is 5.32 Å². The van der Waals surface area contributed by atoms with Crippen molar-refractivity contribution in [2.24, 2.45) is 17.3 Å². The van der Waals surface area contributed by atoms with Crippen LogP contribution in [0.2, 0.25) is 0 Å². The summed E-state index contributed by atoms with van der Waals surface area (Å²) in [5.41, 5.74) is -2.71. The highest BCUT2D eigenvalue weighted by atomic mass is 16.4. The molecule has 1 aliphatic carbocycles. The molecule has 102 valence electrons. The van der Waals surface area contributed by atoms with Gasteiger partial charge < -0.3 is 20.6 Å². The Morgan fingerprint density at radius 1 is 1.22 bits per heavy atom. The Hall–Kier alpha value is -1.63. The van der Waals surface area contributed by atoms with Gasteiger partial charge >= 0.3 is 11.9 Å². The van der Waals surface area contributed by atoms with Gasteiger partial charge in [-0.2, -0.15) is 0 Å². The van der Waals surface area contributed by atoms with Crippen molar-refractivity contribution >= 4 is 17.8 Å². The van der Waals surface area contributed by atoms with Crippen LogP contribution in [0.1, 0.15) is 20.8 Å². The maximum Gasteiger partial charge on any atom is 0.337 e. The first kappa shape index (κ1) is 14.4. The molecule has 0 aromatic rings. The predicted octanol–water partition coefficient (Wildman–Crippen LogP) is -0.705. The van der Waals surface area contributed by atoms with Crippen molar-refractivity contribution in [1.29, 1.82) is 0 Å². The normalized spacial score (nSPS) is 28.0. The average Bonchev–Trinajstić information content (AvgIpc) is 2.78. The number of amides is 1. The zero-order chi connectivity index (χ0) is 14.3. The largest absolute Gasteiger partial charge is 0.481 e. The monoisotopic (exact) mass is 259 g/mol. The fourth-order valence-electron chi connectivity index (χ4n) is 2.03. The molecule has 0 saturated heterocycles. The van der Waals surface area contributed by atoms with Gasteiger partial charge in [0.25, 0.3) is 0 Å². The minimum absolute atomic E-state index is 0.458. The van der Waals surface area contributed by atoms with Gasteiger partial charge in [-0.15, -0.1) is 0 Å². The first-order valence-corrected chi connectivity index (χ1v) is 5.48. The lowest BCUT2D eigenvalue weighted by Crippen LogP contribution is -2.47. The predicted molar refractivity (Wildman–Crippen MR) is 59.7 cm³/mol. The molecule has 3 atom stereocenters. The Bertz CT molecular complexity index is 400. The van der Waals surface area contributed by atoms with E-state index in [9.17, 15) is 19.5 Å². The van der Waals surface area contributed by atoms with Gasteiger partial charge in [0, 0.05) is 0 Å². The number of carbonyl (C=O) groups is 3. The van der Waals surface area contributed by atoms with Crippen molar-refractivity contribution in [3.8, 4) is 0 Å². The smallest absolute Gasteiger partial charge is 0.337 e. The van der Waals surface area contributed by atoms with E-state index in [0.29, 0.717) is 0 Å². The third-order valence-corrected chi connectivity index (χ3v) is 3.44. The molecule has 7 heteroatoms. The lowest BCUT2D eigenvalue weighted by atomic mass is 10.1. The standard InChI is InChI=1S/C11H17NO6/c1-10(2)5(6(10)8(14)15)7(13)12-4-11(3,18)9(16)17/h5-6,18H,4H2,1-3H3,(H,12,13)(H,14,15)(H,16,17)/t5-,6+,11?/m0/s1. The molecule has 4 N–H and O–H groups in total. The molecule has 7 nitrogen and oxygen atoms in total. The maximum atomic E-state index is 11.7. The molecule has 1 fully saturated rings. The van der Waals surface area contributed by atoms with E-state index in [1.807, 2.05) is 0 Å². The van der Waals surface area contributed by atoms with Crippen molar-refractivity contribution in [3.05, 3.63) is 0 Å². The van der Waals surface area contributed by atoms with Crippen LogP contribution in [-0.4, -0.2) is 45.3 Å². The van der Waals surface area contributed by atoms with Crippen LogP contribution in [0.5, 0.6) is 0 Å².